The number of amides is 3. The SMILES string of the molecule is CC(C)(C)C(=O)OCOP(=O)(OCOC(=O)C(C)(C)C)C(F)(F)c1ccc2sc(C(=O)N[C@H]3C[C@H]4C[C@H]4C[C@H]4CC[C@@H](C(=O)N5C[C@@H](C#N)[C@H](c6ccccc6)C5)N4C3=O)cc2c1. The molecule has 1 aromatic heterocycles. The van der Waals surface area contributed by atoms with Crippen molar-refractivity contribution in [2.24, 2.45) is 28.6 Å². The van der Waals surface area contributed by atoms with Crippen molar-refractivity contribution in [2.75, 3.05) is 26.7 Å². The molecule has 7 rings (SSSR count). The van der Waals surface area contributed by atoms with E-state index in [9.17, 15) is 33.8 Å². The summed E-state index contributed by atoms with van der Waals surface area (Å²) in [5.74, 6) is -2.71. The highest BCUT2D eigenvalue weighted by Crippen LogP contribution is 2.67. The molecule has 0 unspecified atom stereocenters. The smallest absolute Gasteiger partial charge is 0.410 e. The van der Waals surface area contributed by atoms with Crippen molar-refractivity contribution in [1.29, 1.82) is 5.26 Å². The Kier molecular flexibility index (Phi) is 13.0. The Hall–Kier alpha value is -4.75. The third-order valence-electron chi connectivity index (χ3n) is 12.3. The second kappa shape index (κ2) is 17.7. The van der Waals surface area contributed by atoms with Gasteiger partial charge in [-0.15, -0.1) is 11.3 Å². The first-order valence-corrected chi connectivity index (χ1v) is 23.5. The number of likely N-dealkylation sites (tertiary alicyclic amines) is 1. The first kappa shape index (κ1) is 46.2. The van der Waals surface area contributed by atoms with Gasteiger partial charge in [-0.05, 0) is 115 Å². The zero-order chi connectivity index (χ0) is 45.6. The lowest BCUT2D eigenvalue weighted by Crippen LogP contribution is -2.57. The molecular formula is C45H53F2N4O10PS. The molecule has 1 aliphatic carbocycles. The Balaban J connectivity index is 1.08. The van der Waals surface area contributed by atoms with Crippen molar-refractivity contribution in [2.45, 2.75) is 103 Å². The Labute approximate surface area is 369 Å². The van der Waals surface area contributed by atoms with Crippen LogP contribution in [-0.2, 0) is 47.9 Å². The van der Waals surface area contributed by atoms with Crippen LogP contribution in [-0.4, -0.2) is 84.3 Å². The number of carbonyl (C=O) groups excluding carboxylic acids is 5. The van der Waals surface area contributed by atoms with Gasteiger partial charge in [0, 0.05) is 35.3 Å². The minimum absolute atomic E-state index is 0.128. The molecular weight excluding hydrogens is 858 g/mol. The molecule has 1 saturated carbocycles. The van der Waals surface area contributed by atoms with Crippen molar-refractivity contribution in [3.63, 3.8) is 0 Å². The number of thiophene rings is 1. The van der Waals surface area contributed by atoms with Gasteiger partial charge in [0.05, 0.1) is 27.7 Å². The van der Waals surface area contributed by atoms with Crippen molar-refractivity contribution in [1.82, 2.24) is 15.1 Å². The molecule has 3 aromatic rings. The molecule has 18 heteroatoms. The van der Waals surface area contributed by atoms with Gasteiger partial charge in [-0.1, -0.05) is 36.4 Å². The van der Waals surface area contributed by atoms with E-state index in [1.165, 1.54) is 53.7 Å². The quantitative estimate of drug-likeness (QED) is 0.106. The molecule has 3 aliphatic heterocycles. The molecule has 0 spiro atoms. The number of hydrogen-bond acceptors (Lipinski definition) is 12. The molecule has 1 N–H and O–H groups in total. The first-order valence-electron chi connectivity index (χ1n) is 21.1. The summed E-state index contributed by atoms with van der Waals surface area (Å²) in [7, 11) is -5.59. The lowest BCUT2D eigenvalue weighted by Gasteiger charge is -2.36. The lowest BCUT2D eigenvalue weighted by molar-refractivity contribution is -0.163. The van der Waals surface area contributed by atoms with Gasteiger partial charge < -0.3 is 24.6 Å². The number of hydrogen-bond donors (Lipinski definition) is 1. The third-order valence-corrected chi connectivity index (χ3v) is 15.3. The van der Waals surface area contributed by atoms with Crippen molar-refractivity contribution < 1.29 is 55.8 Å². The van der Waals surface area contributed by atoms with Gasteiger partial charge in [-0.25, -0.2) is 0 Å². The molecule has 3 saturated heterocycles. The summed E-state index contributed by atoms with van der Waals surface area (Å²) >= 11 is 1.01. The zero-order valence-electron chi connectivity index (χ0n) is 36.1. The standard InChI is InChI=1S/C45H53F2N4O10PS/c1-43(2,3)41(55)58-24-60-62(57,61-25-59-42(56)44(4,5)6)45(46,47)31-12-15-36-29(17-31)20-37(63-36)38(52)49-34-19-28-16-27(28)18-32-13-14-35(51(32)39(34)53)40(54)50-22-30(21-48)33(23-50)26-10-8-7-9-11-26/h7-12,15,17,20,27-28,30,32-35H,13-14,16,18-19,22-25H2,1-6H3,(H,49,52)/t27-,28+,30+,32+,33-,34-,35-/m0/s1. The Bertz CT molecular complexity index is 2320. The van der Waals surface area contributed by atoms with E-state index in [0.29, 0.717) is 36.4 Å². The fraction of sp³-hybridized carbons (Fsp3) is 0.556. The minimum atomic E-state index is -5.59. The monoisotopic (exact) mass is 910 g/mol. The van der Waals surface area contributed by atoms with Gasteiger partial charge >= 0.3 is 25.2 Å². The van der Waals surface area contributed by atoms with Gasteiger partial charge in [0.1, 0.15) is 12.1 Å². The fourth-order valence-corrected chi connectivity index (χ4v) is 10.8. The van der Waals surface area contributed by atoms with E-state index in [0.717, 1.165) is 41.9 Å². The van der Waals surface area contributed by atoms with Crippen LogP contribution in [0.25, 0.3) is 10.1 Å². The number of fused-ring (bicyclic) bond motifs is 3. The van der Waals surface area contributed by atoms with E-state index in [-0.39, 0.29) is 52.4 Å². The summed E-state index contributed by atoms with van der Waals surface area (Å²) < 4.78 is 66.9. The van der Waals surface area contributed by atoms with Crippen LogP contribution in [0.4, 0.5) is 8.78 Å². The number of nitriles is 1. The van der Waals surface area contributed by atoms with Crippen LogP contribution >= 0.6 is 18.9 Å². The van der Waals surface area contributed by atoms with E-state index in [1.807, 2.05) is 30.3 Å². The highest BCUT2D eigenvalue weighted by atomic mass is 32.1. The highest BCUT2D eigenvalue weighted by Gasteiger charge is 2.56. The molecule has 2 aromatic carbocycles. The van der Waals surface area contributed by atoms with E-state index < -0.39 is 73.2 Å². The molecule has 14 nitrogen and oxygen atoms in total. The molecule has 4 aliphatic rings. The molecule has 338 valence electrons. The summed E-state index contributed by atoms with van der Waals surface area (Å²) in [6.45, 7) is 7.50. The van der Waals surface area contributed by atoms with Crippen LogP contribution in [0.2, 0.25) is 0 Å². The van der Waals surface area contributed by atoms with Crippen molar-refractivity contribution in [3.8, 4) is 6.07 Å². The number of nitrogens with zero attached hydrogens (tertiary/aromatic N) is 3. The predicted octanol–water partition coefficient (Wildman–Crippen LogP) is 7.92. The number of halogens is 2. The van der Waals surface area contributed by atoms with Crippen LogP contribution in [0.1, 0.15) is 100 Å². The number of benzene rings is 2. The second-order valence-electron chi connectivity index (χ2n) is 19.0. The molecule has 4 heterocycles. The number of carbonyl (C=O) groups is 5. The van der Waals surface area contributed by atoms with E-state index in [2.05, 4.69) is 11.4 Å². The first-order chi connectivity index (χ1) is 29.6. The topological polar surface area (TPSA) is 182 Å². The molecule has 0 radical (unpaired) electrons. The average Bonchev–Trinajstić information content (AvgIpc) is 3.56. The maximum Gasteiger partial charge on any atom is 0.410 e. The average molecular weight is 911 g/mol. The molecule has 3 amide bonds. The molecule has 0 bridgehead atoms. The van der Waals surface area contributed by atoms with E-state index >= 15 is 8.78 Å². The number of alkyl halides is 2. The van der Waals surface area contributed by atoms with Crippen LogP contribution in [0, 0.1) is 39.9 Å². The van der Waals surface area contributed by atoms with Gasteiger partial charge in [-0.3, -0.25) is 37.6 Å². The van der Waals surface area contributed by atoms with Crippen molar-refractivity contribution >= 4 is 58.7 Å². The molecule has 4 fully saturated rings. The second-order valence-corrected chi connectivity index (χ2v) is 22.2. The molecule has 7 atom stereocenters. The highest BCUT2D eigenvalue weighted by molar-refractivity contribution is 7.54. The van der Waals surface area contributed by atoms with Crippen LogP contribution < -0.4 is 5.32 Å². The largest absolute Gasteiger partial charge is 0.438 e. The minimum Gasteiger partial charge on any atom is -0.438 e. The summed E-state index contributed by atoms with van der Waals surface area (Å²) in [5, 5.41) is 13.1. The van der Waals surface area contributed by atoms with Gasteiger partial charge in [-0.2, -0.15) is 14.0 Å². The van der Waals surface area contributed by atoms with E-state index in [1.54, 1.807) is 9.80 Å². The third kappa shape index (κ3) is 9.70. The summed E-state index contributed by atoms with van der Waals surface area (Å²) in [4.78, 5) is 70.8. The maximum atomic E-state index is 16.4. The maximum absolute atomic E-state index is 16.4. The Morgan fingerprint density at radius 1 is 0.873 bits per heavy atom. The number of rotatable bonds is 12. The van der Waals surface area contributed by atoms with Gasteiger partial charge in [0.25, 0.3) is 5.91 Å². The Morgan fingerprint density at radius 3 is 2.13 bits per heavy atom. The Morgan fingerprint density at radius 2 is 1.51 bits per heavy atom. The zero-order valence-corrected chi connectivity index (χ0v) is 37.8. The number of ether oxygens (including phenoxy) is 2. The van der Waals surface area contributed by atoms with Crippen LogP contribution in [0.3, 0.4) is 0 Å². The number of nitrogens with one attached hydrogen (secondary N) is 1. The van der Waals surface area contributed by atoms with Crippen LogP contribution in [0.5, 0.6) is 0 Å². The predicted molar refractivity (Wildman–Crippen MR) is 227 cm³/mol. The van der Waals surface area contributed by atoms with Gasteiger partial charge in [0.2, 0.25) is 25.4 Å². The van der Waals surface area contributed by atoms with Gasteiger partial charge in [0.15, 0.2) is 0 Å². The van der Waals surface area contributed by atoms with Crippen LogP contribution in [0.15, 0.2) is 54.6 Å². The van der Waals surface area contributed by atoms with Crippen molar-refractivity contribution in [3.05, 3.63) is 70.6 Å². The lowest BCUT2D eigenvalue weighted by atomic mass is 9.90. The fourth-order valence-electron chi connectivity index (χ4n) is 8.66. The summed E-state index contributed by atoms with van der Waals surface area (Å²) in [6.07, 6.45) is 3.22. The molecule has 63 heavy (non-hydrogen) atoms. The number of esters is 2. The summed E-state index contributed by atoms with van der Waals surface area (Å²) in [6, 6.07) is 14.9. The normalized spacial score (nSPS) is 25.1. The summed E-state index contributed by atoms with van der Waals surface area (Å²) in [5.41, 5.74) is -6.26. The van der Waals surface area contributed by atoms with E-state index in [4.69, 9.17) is 18.5 Å².